The second kappa shape index (κ2) is 13.1. The van der Waals surface area contributed by atoms with Gasteiger partial charge in [-0.25, -0.2) is 0 Å². The van der Waals surface area contributed by atoms with Crippen LogP contribution in [0.3, 0.4) is 0 Å². The van der Waals surface area contributed by atoms with Crippen molar-refractivity contribution in [2.24, 2.45) is 53.3 Å². The fourth-order valence-corrected chi connectivity index (χ4v) is 13.0. The minimum absolute atomic E-state index is 0.249. The number of carbonyl (C=O) groups is 1. The molecular formula is C36H62N8O2. The van der Waals surface area contributed by atoms with Crippen LogP contribution in [0.15, 0.2) is 0 Å². The Morgan fingerprint density at radius 1 is 0.435 bits per heavy atom. The summed E-state index contributed by atoms with van der Waals surface area (Å²) >= 11 is 0. The minimum atomic E-state index is -0.652. The number of nitrogens with one attached hydrogen (secondary N) is 8. The first-order valence-electron chi connectivity index (χ1n) is 19.9. The summed E-state index contributed by atoms with van der Waals surface area (Å²) in [7, 11) is 0. The molecule has 4 aliphatic carbocycles. The van der Waals surface area contributed by atoms with Crippen molar-refractivity contribution >= 4 is 5.97 Å². The highest BCUT2D eigenvalue weighted by molar-refractivity contribution is 5.66. The third-order valence-electron chi connectivity index (χ3n) is 15.0. The van der Waals surface area contributed by atoms with E-state index >= 15 is 0 Å². The first-order chi connectivity index (χ1) is 22.6. The van der Waals surface area contributed by atoms with E-state index in [0.29, 0.717) is 96.7 Å². The molecule has 5 aliphatic heterocycles. The van der Waals surface area contributed by atoms with Crippen molar-refractivity contribution in [3.8, 4) is 0 Å². The van der Waals surface area contributed by atoms with Crippen LogP contribution in [0.4, 0.5) is 0 Å². The van der Waals surface area contributed by atoms with Gasteiger partial charge in [-0.15, -0.1) is 0 Å². The maximum Gasteiger partial charge on any atom is 0.303 e. The minimum Gasteiger partial charge on any atom is -0.481 e. The zero-order valence-corrected chi connectivity index (χ0v) is 27.9. The van der Waals surface area contributed by atoms with Crippen LogP contribution in [0.2, 0.25) is 0 Å². The molecule has 9 N–H and O–H groups in total. The van der Waals surface area contributed by atoms with Crippen molar-refractivity contribution in [3.63, 3.8) is 0 Å². The smallest absolute Gasteiger partial charge is 0.303 e. The molecule has 258 valence electrons. The average Bonchev–Trinajstić information content (AvgIpc) is 3.80. The van der Waals surface area contributed by atoms with Crippen LogP contribution < -0.4 is 42.5 Å². The van der Waals surface area contributed by atoms with Gasteiger partial charge in [0.1, 0.15) is 0 Å². The molecule has 0 aromatic heterocycles. The maximum absolute atomic E-state index is 11.5. The van der Waals surface area contributed by atoms with E-state index in [0.717, 1.165) is 12.8 Å². The zero-order chi connectivity index (χ0) is 30.8. The Labute approximate surface area is 276 Å². The van der Waals surface area contributed by atoms with Crippen molar-refractivity contribution in [2.45, 2.75) is 165 Å². The molecular weight excluding hydrogens is 576 g/mol. The van der Waals surface area contributed by atoms with Crippen molar-refractivity contribution in [3.05, 3.63) is 0 Å². The van der Waals surface area contributed by atoms with Gasteiger partial charge in [0, 0.05) is 6.42 Å². The molecule has 0 radical (unpaired) electrons. The second-order valence-electron chi connectivity index (χ2n) is 17.2. The summed E-state index contributed by atoms with van der Waals surface area (Å²) in [6.07, 6.45) is 24.6. The van der Waals surface area contributed by atoms with Crippen LogP contribution in [0, 0.1) is 53.3 Å². The predicted octanol–water partition coefficient (Wildman–Crippen LogP) is 3.09. The molecule has 0 spiro atoms. The van der Waals surface area contributed by atoms with Gasteiger partial charge >= 0.3 is 5.97 Å². The average molecular weight is 639 g/mol. The Bertz CT molecular complexity index is 1090. The summed E-state index contributed by atoms with van der Waals surface area (Å²) in [6, 6.07) is 0. The molecule has 9 aliphatic rings. The van der Waals surface area contributed by atoms with E-state index in [2.05, 4.69) is 42.5 Å². The molecule has 46 heavy (non-hydrogen) atoms. The van der Waals surface area contributed by atoms with Gasteiger partial charge in [-0.3, -0.25) is 47.3 Å². The number of carboxylic acid groups (broad SMARTS) is 1. The highest BCUT2D eigenvalue weighted by Gasteiger charge is 2.55. The van der Waals surface area contributed by atoms with Crippen molar-refractivity contribution in [2.75, 3.05) is 0 Å². The third-order valence-corrected chi connectivity index (χ3v) is 15.0. The summed E-state index contributed by atoms with van der Waals surface area (Å²) in [5, 5.41) is 43.2. The number of hydrogen-bond donors (Lipinski definition) is 9. The van der Waals surface area contributed by atoms with Crippen LogP contribution in [-0.2, 0) is 4.79 Å². The molecule has 9 fully saturated rings. The standard InChI is InChI=1S/C36H62N8O2/c45-27(46)18-8-10-19-9-7-17-26-28(19)36-43-34-25-16-6-5-15-24(25)32(41-34)39-30-21-12-2-1-11-20(21)29(37-30)38-31-22-13-3-4-14-23(22)33(40-31)42-35(26)44-36/h19-26,28-44H,1-18H2,(H,45,46). The lowest BCUT2D eigenvalue weighted by molar-refractivity contribution is -0.137. The maximum atomic E-state index is 11.5. The van der Waals surface area contributed by atoms with Gasteiger partial charge in [0.05, 0.1) is 49.3 Å². The summed E-state index contributed by atoms with van der Waals surface area (Å²) < 4.78 is 0. The second-order valence-corrected chi connectivity index (χ2v) is 17.2. The molecule has 0 amide bonds. The van der Waals surface area contributed by atoms with E-state index in [1.54, 1.807) is 0 Å². The Hall–Kier alpha value is -0.850. The lowest BCUT2D eigenvalue weighted by Gasteiger charge is -2.39. The fraction of sp³-hybridized carbons (Fsp3) is 0.972. The summed E-state index contributed by atoms with van der Waals surface area (Å²) in [4.78, 5) is 11.5. The van der Waals surface area contributed by atoms with Crippen LogP contribution >= 0.6 is 0 Å². The van der Waals surface area contributed by atoms with E-state index < -0.39 is 5.97 Å². The largest absolute Gasteiger partial charge is 0.481 e. The van der Waals surface area contributed by atoms with Gasteiger partial charge in [0.25, 0.3) is 0 Å². The lowest BCUT2D eigenvalue weighted by Crippen LogP contribution is -2.61. The van der Waals surface area contributed by atoms with Gasteiger partial charge < -0.3 is 5.11 Å². The van der Waals surface area contributed by atoms with Crippen LogP contribution in [0.1, 0.15) is 116 Å². The van der Waals surface area contributed by atoms with Gasteiger partial charge in [0.15, 0.2) is 0 Å². The number of aliphatic carboxylic acids is 1. The van der Waals surface area contributed by atoms with Crippen molar-refractivity contribution in [1.29, 1.82) is 0 Å². The third kappa shape index (κ3) is 5.68. The number of rotatable bonds is 4. The van der Waals surface area contributed by atoms with Crippen LogP contribution in [0.25, 0.3) is 0 Å². The molecule has 10 nitrogen and oxygen atoms in total. The highest BCUT2D eigenvalue weighted by atomic mass is 16.4. The van der Waals surface area contributed by atoms with E-state index in [-0.39, 0.29) is 12.3 Å². The molecule has 0 aromatic rings. The normalized spacial score (nSPS) is 53.2. The van der Waals surface area contributed by atoms with Gasteiger partial charge in [0.2, 0.25) is 0 Å². The fourth-order valence-electron chi connectivity index (χ4n) is 13.0. The number of hydrogen-bond acceptors (Lipinski definition) is 9. The van der Waals surface area contributed by atoms with E-state index in [9.17, 15) is 9.90 Å². The molecule has 0 aromatic carbocycles. The molecule has 10 heteroatoms. The first kappa shape index (κ1) is 31.2. The first-order valence-corrected chi connectivity index (χ1v) is 19.9. The van der Waals surface area contributed by atoms with Gasteiger partial charge in [-0.2, -0.15) is 0 Å². The Morgan fingerprint density at radius 2 is 0.761 bits per heavy atom. The Kier molecular flexibility index (Phi) is 8.89. The van der Waals surface area contributed by atoms with E-state index in [1.807, 2.05) is 0 Å². The van der Waals surface area contributed by atoms with Crippen LogP contribution in [0.5, 0.6) is 0 Å². The molecule has 8 bridgehead atoms. The van der Waals surface area contributed by atoms with Crippen molar-refractivity contribution in [1.82, 2.24) is 42.5 Å². The zero-order valence-electron chi connectivity index (χ0n) is 27.9. The molecule has 9 rings (SSSR count). The van der Waals surface area contributed by atoms with Crippen LogP contribution in [-0.4, -0.2) is 60.4 Å². The molecule has 17 atom stereocenters. The molecule has 4 saturated carbocycles. The monoisotopic (exact) mass is 638 g/mol. The summed E-state index contributed by atoms with van der Waals surface area (Å²) in [6.45, 7) is 0. The topological polar surface area (TPSA) is 134 Å². The van der Waals surface area contributed by atoms with Gasteiger partial charge in [-0.1, -0.05) is 51.4 Å². The van der Waals surface area contributed by atoms with E-state index in [1.165, 1.54) is 96.3 Å². The molecule has 17 unspecified atom stereocenters. The lowest BCUT2D eigenvalue weighted by atomic mass is 9.69. The molecule has 5 heterocycles. The van der Waals surface area contributed by atoms with E-state index in [4.69, 9.17) is 0 Å². The Balaban J connectivity index is 1.04. The van der Waals surface area contributed by atoms with Crippen molar-refractivity contribution < 1.29 is 9.90 Å². The highest BCUT2D eigenvalue weighted by Crippen LogP contribution is 2.47. The quantitative estimate of drug-likeness (QED) is 0.226. The Morgan fingerprint density at radius 3 is 1.13 bits per heavy atom. The molecule has 5 saturated heterocycles. The number of fused-ring (bicyclic) bond motifs is 20. The predicted molar refractivity (Wildman–Crippen MR) is 178 cm³/mol. The summed E-state index contributed by atoms with van der Waals surface area (Å²) in [5.41, 5.74) is 0. The van der Waals surface area contributed by atoms with Gasteiger partial charge in [-0.05, 0) is 111 Å². The summed E-state index contributed by atoms with van der Waals surface area (Å²) in [5.74, 6) is 5.10. The number of carboxylic acids is 1. The SMILES string of the molecule is O=C(O)CCCC1CCCC2C3NC4NC(NC5NC(NC6NC(NC(N3)C12)C1CCCCC61)C1CCCCC51)C1CCCCC41.